The lowest BCUT2D eigenvalue weighted by molar-refractivity contribution is -0.139. The molecule has 0 saturated heterocycles. The lowest BCUT2D eigenvalue weighted by atomic mass is 10.1. The van der Waals surface area contributed by atoms with Crippen LogP contribution in [0, 0.1) is 0 Å². The Bertz CT molecular complexity index is 467. The van der Waals surface area contributed by atoms with Gasteiger partial charge in [0.2, 0.25) is 0 Å². The van der Waals surface area contributed by atoms with Crippen LogP contribution < -0.4 is 5.32 Å². The number of urea groups is 1. The van der Waals surface area contributed by atoms with Gasteiger partial charge in [-0.2, -0.15) is 11.8 Å². The molecule has 0 heterocycles. The van der Waals surface area contributed by atoms with Gasteiger partial charge in [0.05, 0.1) is 0 Å². The summed E-state index contributed by atoms with van der Waals surface area (Å²) in [5.41, 5.74) is 0.560. The first-order valence-electron chi connectivity index (χ1n) is 6.81. The third kappa shape index (κ3) is 4.97. The number of hydrogen-bond acceptors (Lipinski definition) is 3. The fraction of sp³-hybridized carbons (Fsp3) is 0.467. The Morgan fingerprint density at radius 3 is 2.43 bits per heavy atom. The molecule has 1 aromatic rings. The minimum absolute atomic E-state index is 0.0882. The molecule has 2 amide bonds. The molecule has 0 fully saturated rings. The van der Waals surface area contributed by atoms with Gasteiger partial charge in [0.1, 0.15) is 0 Å². The summed E-state index contributed by atoms with van der Waals surface area (Å²) in [6.45, 7) is 2.01. The predicted molar refractivity (Wildman–Crippen MR) is 85.6 cm³/mol. The van der Waals surface area contributed by atoms with Crippen molar-refractivity contribution in [3.63, 3.8) is 0 Å². The molecule has 21 heavy (non-hydrogen) atoms. The Morgan fingerprint density at radius 2 is 1.95 bits per heavy atom. The number of nitrogens with zero attached hydrogens (tertiary/aromatic N) is 1. The number of nitrogens with one attached hydrogen (secondary N) is 1. The van der Waals surface area contributed by atoms with Gasteiger partial charge in [0.25, 0.3) is 0 Å². The summed E-state index contributed by atoms with van der Waals surface area (Å²) in [5, 5.41) is 11.9. The van der Waals surface area contributed by atoms with Crippen molar-refractivity contribution < 1.29 is 14.7 Å². The Labute approximate surface area is 129 Å². The van der Waals surface area contributed by atoms with Crippen LogP contribution in [0.3, 0.4) is 0 Å². The number of amides is 2. The van der Waals surface area contributed by atoms with Crippen molar-refractivity contribution in [1.82, 2.24) is 10.2 Å². The maximum absolute atomic E-state index is 12.2. The smallest absolute Gasteiger partial charge is 0.330 e. The molecule has 0 aliphatic rings. The van der Waals surface area contributed by atoms with Crippen LogP contribution in [-0.2, 0) is 4.79 Å². The fourth-order valence-corrected chi connectivity index (χ4v) is 2.86. The number of carboxylic acid groups (broad SMARTS) is 1. The zero-order valence-corrected chi connectivity index (χ0v) is 13.4. The third-order valence-corrected chi connectivity index (χ3v) is 4.06. The van der Waals surface area contributed by atoms with Gasteiger partial charge in [-0.25, -0.2) is 9.59 Å². The van der Waals surface area contributed by atoms with E-state index in [1.54, 1.807) is 48.0 Å². The number of hydrogen-bond donors (Lipinski definition) is 2. The molecule has 1 rings (SSSR count). The highest BCUT2D eigenvalue weighted by atomic mass is 32.2. The van der Waals surface area contributed by atoms with Gasteiger partial charge in [-0.05, 0) is 18.2 Å². The van der Waals surface area contributed by atoms with E-state index in [9.17, 15) is 14.7 Å². The molecular formula is C15H22N2O3S. The number of rotatable bonds is 7. The van der Waals surface area contributed by atoms with Crippen molar-refractivity contribution in [3.05, 3.63) is 35.9 Å². The Hall–Kier alpha value is -1.69. The molecular weight excluding hydrogens is 288 g/mol. The van der Waals surface area contributed by atoms with Crippen LogP contribution >= 0.6 is 11.8 Å². The number of aliphatic carboxylic acids is 1. The normalized spacial score (nSPS) is 13.3. The van der Waals surface area contributed by atoms with Crippen molar-refractivity contribution in [1.29, 1.82) is 0 Å². The van der Waals surface area contributed by atoms with Crippen molar-refractivity contribution in [3.8, 4) is 0 Å². The minimum atomic E-state index is -1.07. The summed E-state index contributed by atoms with van der Waals surface area (Å²) in [5.74, 6) is -0.246. The van der Waals surface area contributed by atoms with E-state index in [2.05, 4.69) is 5.32 Å². The molecule has 2 N–H and O–H groups in total. The molecule has 1 aromatic carbocycles. The van der Waals surface area contributed by atoms with Gasteiger partial charge >= 0.3 is 12.0 Å². The highest BCUT2D eigenvalue weighted by Crippen LogP contribution is 2.14. The van der Waals surface area contributed by atoms with Crippen LogP contribution in [0.2, 0.25) is 0 Å². The predicted octanol–water partition coefficient (Wildman–Crippen LogP) is 2.60. The standard InChI is InChI=1S/C15H22N2O3S/c1-4-12(10-21-3)17(2)15(20)16-13(14(18)19)11-8-6-5-7-9-11/h5-9,12-13H,4,10H2,1-3H3,(H,16,20)(H,18,19)/t12?,13-/m1/s1. The van der Waals surface area contributed by atoms with Gasteiger partial charge in [-0.3, -0.25) is 0 Å². The Kier molecular flexibility index (Phi) is 7.08. The number of benzene rings is 1. The van der Waals surface area contributed by atoms with Gasteiger partial charge in [-0.1, -0.05) is 37.3 Å². The second-order valence-corrected chi connectivity index (χ2v) is 5.67. The molecule has 0 saturated carbocycles. The average Bonchev–Trinajstić information content (AvgIpc) is 2.49. The van der Waals surface area contributed by atoms with Crippen molar-refractivity contribution in [2.75, 3.05) is 19.1 Å². The van der Waals surface area contributed by atoms with Crippen molar-refractivity contribution in [2.24, 2.45) is 0 Å². The van der Waals surface area contributed by atoms with Crippen LogP contribution in [0.1, 0.15) is 24.9 Å². The molecule has 116 valence electrons. The van der Waals surface area contributed by atoms with E-state index in [4.69, 9.17) is 0 Å². The Morgan fingerprint density at radius 1 is 1.33 bits per heavy atom. The number of carboxylic acids is 1. The minimum Gasteiger partial charge on any atom is -0.479 e. The molecule has 0 aliphatic heterocycles. The molecule has 1 unspecified atom stereocenters. The van der Waals surface area contributed by atoms with Crippen LogP contribution in [0.5, 0.6) is 0 Å². The van der Waals surface area contributed by atoms with Crippen molar-refractivity contribution >= 4 is 23.8 Å². The quantitative estimate of drug-likeness (QED) is 0.812. The fourth-order valence-electron chi connectivity index (χ4n) is 2.02. The number of carbonyl (C=O) groups excluding carboxylic acids is 1. The van der Waals surface area contributed by atoms with E-state index in [1.807, 2.05) is 19.2 Å². The monoisotopic (exact) mass is 310 g/mol. The van der Waals surface area contributed by atoms with E-state index in [0.29, 0.717) is 5.56 Å². The molecule has 0 aliphatic carbocycles. The van der Waals surface area contributed by atoms with Crippen LogP contribution in [0.25, 0.3) is 0 Å². The molecule has 0 aromatic heterocycles. The first-order chi connectivity index (χ1) is 10.0. The summed E-state index contributed by atoms with van der Waals surface area (Å²) in [6, 6.07) is 7.39. The van der Waals surface area contributed by atoms with Crippen LogP contribution in [0.4, 0.5) is 4.79 Å². The van der Waals surface area contributed by atoms with Crippen LogP contribution in [0.15, 0.2) is 30.3 Å². The molecule has 2 atom stereocenters. The van der Waals surface area contributed by atoms with E-state index < -0.39 is 12.0 Å². The maximum atomic E-state index is 12.2. The first kappa shape index (κ1) is 17.4. The highest BCUT2D eigenvalue weighted by Gasteiger charge is 2.25. The molecule has 0 bridgehead atoms. The average molecular weight is 310 g/mol. The lowest BCUT2D eigenvalue weighted by Gasteiger charge is -2.28. The van der Waals surface area contributed by atoms with Gasteiger partial charge in [0, 0.05) is 18.8 Å². The zero-order chi connectivity index (χ0) is 15.8. The van der Waals surface area contributed by atoms with E-state index >= 15 is 0 Å². The van der Waals surface area contributed by atoms with Gasteiger partial charge in [0.15, 0.2) is 6.04 Å². The first-order valence-corrected chi connectivity index (χ1v) is 8.20. The van der Waals surface area contributed by atoms with Crippen LogP contribution in [-0.4, -0.2) is 47.1 Å². The van der Waals surface area contributed by atoms with E-state index in [-0.39, 0.29) is 12.1 Å². The summed E-state index contributed by atoms with van der Waals surface area (Å²) in [4.78, 5) is 25.2. The summed E-state index contributed by atoms with van der Waals surface area (Å²) in [6.07, 6.45) is 2.81. The Balaban J connectivity index is 2.80. The number of carbonyl (C=O) groups is 2. The highest BCUT2D eigenvalue weighted by molar-refractivity contribution is 7.98. The third-order valence-electron chi connectivity index (χ3n) is 3.35. The molecule has 5 nitrogen and oxygen atoms in total. The largest absolute Gasteiger partial charge is 0.479 e. The zero-order valence-electron chi connectivity index (χ0n) is 12.6. The van der Waals surface area contributed by atoms with E-state index in [0.717, 1.165) is 12.2 Å². The lowest BCUT2D eigenvalue weighted by Crippen LogP contribution is -2.47. The maximum Gasteiger partial charge on any atom is 0.330 e. The van der Waals surface area contributed by atoms with Gasteiger partial charge in [-0.15, -0.1) is 0 Å². The second-order valence-electron chi connectivity index (χ2n) is 4.76. The molecule has 0 spiro atoms. The van der Waals surface area contributed by atoms with Gasteiger partial charge < -0.3 is 15.3 Å². The summed E-state index contributed by atoms with van der Waals surface area (Å²) in [7, 11) is 1.70. The topological polar surface area (TPSA) is 69.6 Å². The molecule has 6 heteroatoms. The molecule has 0 radical (unpaired) electrons. The SMILES string of the molecule is CCC(CSC)N(C)C(=O)N[C@@H](C(=O)O)c1ccccc1. The number of thioether (sulfide) groups is 1. The van der Waals surface area contributed by atoms with E-state index in [1.165, 1.54) is 0 Å². The summed E-state index contributed by atoms with van der Waals surface area (Å²) < 4.78 is 0. The summed E-state index contributed by atoms with van der Waals surface area (Å²) >= 11 is 1.66. The second kappa shape index (κ2) is 8.56. The van der Waals surface area contributed by atoms with Crippen molar-refractivity contribution in [2.45, 2.75) is 25.4 Å².